The summed E-state index contributed by atoms with van der Waals surface area (Å²) in [5.41, 5.74) is 7.14. The predicted octanol–water partition coefficient (Wildman–Crippen LogP) is 2.76. The van der Waals surface area contributed by atoms with Crippen molar-refractivity contribution >= 4 is 11.6 Å². The van der Waals surface area contributed by atoms with E-state index in [2.05, 4.69) is 31.0 Å². The Kier molecular flexibility index (Phi) is 4.46. The third kappa shape index (κ3) is 3.40. The van der Waals surface area contributed by atoms with E-state index in [9.17, 15) is 4.79 Å². The van der Waals surface area contributed by atoms with E-state index in [0.29, 0.717) is 6.54 Å². The first-order chi connectivity index (χ1) is 9.53. The Hall–Kier alpha value is -1.79. The van der Waals surface area contributed by atoms with Gasteiger partial charge in [0.25, 0.3) is 0 Å². The average Bonchev–Trinajstić information content (AvgIpc) is 2.76. The molecule has 3 heteroatoms. The van der Waals surface area contributed by atoms with Crippen molar-refractivity contribution in [2.24, 2.45) is 17.1 Å². The Morgan fingerprint density at radius 2 is 2.30 bits per heavy atom. The first-order valence-corrected chi connectivity index (χ1v) is 7.13. The molecule has 0 spiro atoms. The molecule has 1 unspecified atom stereocenters. The van der Waals surface area contributed by atoms with E-state index in [4.69, 9.17) is 5.73 Å². The van der Waals surface area contributed by atoms with Crippen molar-refractivity contribution in [2.45, 2.75) is 33.1 Å². The summed E-state index contributed by atoms with van der Waals surface area (Å²) in [7, 11) is 0. The zero-order chi connectivity index (χ0) is 14.6. The number of hydrogen-bond donors (Lipinski definition) is 2. The molecule has 1 aliphatic rings. The first kappa shape index (κ1) is 14.6. The number of amides is 1. The van der Waals surface area contributed by atoms with Crippen LogP contribution in [0.2, 0.25) is 0 Å². The van der Waals surface area contributed by atoms with E-state index in [1.54, 1.807) is 0 Å². The molecule has 0 saturated heterocycles. The molecular formula is C17H22N2O. The van der Waals surface area contributed by atoms with Crippen molar-refractivity contribution in [3.8, 4) is 11.8 Å². The summed E-state index contributed by atoms with van der Waals surface area (Å²) >= 11 is 0. The number of rotatable bonds is 2. The monoisotopic (exact) mass is 270 g/mol. The Balaban J connectivity index is 2.08. The number of nitrogens with one attached hydrogen (secondary N) is 1. The third-order valence-corrected chi connectivity index (χ3v) is 4.04. The van der Waals surface area contributed by atoms with Crippen LogP contribution in [-0.4, -0.2) is 12.5 Å². The molecule has 1 saturated carbocycles. The summed E-state index contributed by atoms with van der Waals surface area (Å²) in [6.07, 6.45) is 3.23. The summed E-state index contributed by atoms with van der Waals surface area (Å²) in [6.45, 7) is 4.69. The first-order valence-electron chi connectivity index (χ1n) is 7.13. The minimum atomic E-state index is 0.0983. The van der Waals surface area contributed by atoms with E-state index in [0.717, 1.165) is 30.5 Å². The minimum Gasteiger partial charge on any atom is -0.326 e. The number of nitrogens with two attached hydrogens (primary N) is 1. The zero-order valence-electron chi connectivity index (χ0n) is 12.2. The SMILES string of the molecule is CC1(C)CCCC1C(=O)Nc1cccc(C#CCN)c1. The molecule has 0 aromatic heterocycles. The maximum atomic E-state index is 12.4. The molecule has 0 heterocycles. The second-order valence-electron chi connectivity index (χ2n) is 6.01. The van der Waals surface area contributed by atoms with Gasteiger partial charge >= 0.3 is 0 Å². The topological polar surface area (TPSA) is 55.1 Å². The van der Waals surface area contributed by atoms with Crippen LogP contribution in [0.25, 0.3) is 0 Å². The van der Waals surface area contributed by atoms with Gasteiger partial charge in [0.05, 0.1) is 6.54 Å². The Bertz CT molecular complexity index is 552. The summed E-state index contributed by atoms with van der Waals surface area (Å²) in [4.78, 5) is 12.4. The fourth-order valence-corrected chi connectivity index (χ4v) is 2.87. The molecule has 20 heavy (non-hydrogen) atoms. The highest BCUT2D eigenvalue weighted by Crippen LogP contribution is 2.43. The molecule has 0 aliphatic heterocycles. The molecule has 3 N–H and O–H groups in total. The fraction of sp³-hybridized carbons (Fsp3) is 0.471. The highest BCUT2D eigenvalue weighted by molar-refractivity contribution is 5.93. The van der Waals surface area contributed by atoms with Gasteiger partial charge in [0.1, 0.15) is 0 Å². The average molecular weight is 270 g/mol. The standard InChI is InChI=1S/C17H22N2O/c1-17(2)10-4-9-15(17)16(20)19-14-8-3-6-13(12-14)7-5-11-18/h3,6,8,12,15H,4,9-11,18H2,1-2H3,(H,19,20). The van der Waals surface area contributed by atoms with Crippen LogP contribution >= 0.6 is 0 Å². The molecule has 1 fully saturated rings. The van der Waals surface area contributed by atoms with Gasteiger partial charge in [-0.1, -0.05) is 38.2 Å². The summed E-state index contributed by atoms with van der Waals surface area (Å²) < 4.78 is 0. The summed E-state index contributed by atoms with van der Waals surface area (Å²) in [5, 5.41) is 3.02. The Morgan fingerprint density at radius 3 is 2.95 bits per heavy atom. The Labute approximate surface area is 120 Å². The van der Waals surface area contributed by atoms with Gasteiger partial charge < -0.3 is 11.1 Å². The van der Waals surface area contributed by atoms with Crippen LogP contribution in [0.4, 0.5) is 5.69 Å². The minimum absolute atomic E-state index is 0.0983. The maximum absolute atomic E-state index is 12.4. The lowest BCUT2D eigenvalue weighted by Gasteiger charge is -2.25. The highest BCUT2D eigenvalue weighted by atomic mass is 16.1. The van der Waals surface area contributed by atoms with Gasteiger partial charge in [-0.05, 0) is 36.5 Å². The van der Waals surface area contributed by atoms with Gasteiger partial charge in [-0.3, -0.25) is 4.79 Å². The van der Waals surface area contributed by atoms with Crippen LogP contribution in [0.15, 0.2) is 24.3 Å². The smallest absolute Gasteiger partial charge is 0.228 e. The number of anilines is 1. The second-order valence-corrected chi connectivity index (χ2v) is 6.01. The molecule has 3 nitrogen and oxygen atoms in total. The molecule has 1 aromatic rings. The predicted molar refractivity (Wildman–Crippen MR) is 82.1 cm³/mol. The van der Waals surface area contributed by atoms with Crippen LogP contribution in [0.5, 0.6) is 0 Å². The van der Waals surface area contributed by atoms with Crippen molar-refractivity contribution < 1.29 is 4.79 Å². The lowest BCUT2D eigenvalue weighted by molar-refractivity contribution is -0.122. The van der Waals surface area contributed by atoms with Gasteiger partial charge in [-0.15, -0.1) is 0 Å². The van der Waals surface area contributed by atoms with E-state index in [1.165, 1.54) is 0 Å². The molecule has 0 radical (unpaired) electrons. The van der Waals surface area contributed by atoms with E-state index >= 15 is 0 Å². The van der Waals surface area contributed by atoms with Crippen molar-refractivity contribution in [1.29, 1.82) is 0 Å². The van der Waals surface area contributed by atoms with Gasteiger partial charge in [0.2, 0.25) is 5.91 Å². The largest absolute Gasteiger partial charge is 0.326 e. The number of benzene rings is 1. The van der Waals surface area contributed by atoms with Gasteiger partial charge in [0, 0.05) is 17.2 Å². The van der Waals surface area contributed by atoms with Crippen molar-refractivity contribution in [3.63, 3.8) is 0 Å². The van der Waals surface area contributed by atoms with Gasteiger partial charge in [0.15, 0.2) is 0 Å². The van der Waals surface area contributed by atoms with Gasteiger partial charge in [-0.2, -0.15) is 0 Å². The molecule has 0 bridgehead atoms. The molecule has 1 atom stereocenters. The summed E-state index contributed by atoms with van der Waals surface area (Å²) in [5.74, 6) is 6.02. The van der Waals surface area contributed by atoms with Crippen LogP contribution in [0.3, 0.4) is 0 Å². The van der Waals surface area contributed by atoms with Crippen LogP contribution < -0.4 is 11.1 Å². The van der Waals surface area contributed by atoms with E-state index in [-0.39, 0.29) is 17.2 Å². The zero-order valence-corrected chi connectivity index (χ0v) is 12.2. The molecule has 106 valence electrons. The van der Waals surface area contributed by atoms with E-state index in [1.807, 2.05) is 24.3 Å². The maximum Gasteiger partial charge on any atom is 0.228 e. The summed E-state index contributed by atoms with van der Waals surface area (Å²) in [6, 6.07) is 7.60. The van der Waals surface area contributed by atoms with Crippen molar-refractivity contribution in [3.05, 3.63) is 29.8 Å². The third-order valence-electron chi connectivity index (χ3n) is 4.04. The normalized spacial score (nSPS) is 20.1. The van der Waals surface area contributed by atoms with Crippen LogP contribution in [-0.2, 0) is 4.79 Å². The van der Waals surface area contributed by atoms with Crippen LogP contribution in [0, 0.1) is 23.2 Å². The molecule has 1 amide bonds. The quantitative estimate of drug-likeness (QED) is 0.812. The van der Waals surface area contributed by atoms with Gasteiger partial charge in [-0.25, -0.2) is 0 Å². The fourth-order valence-electron chi connectivity index (χ4n) is 2.87. The number of hydrogen-bond acceptors (Lipinski definition) is 2. The molecule has 1 aromatic carbocycles. The molecule has 1 aliphatic carbocycles. The van der Waals surface area contributed by atoms with Crippen LogP contribution in [0.1, 0.15) is 38.7 Å². The van der Waals surface area contributed by atoms with Crippen molar-refractivity contribution in [2.75, 3.05) is 11.9 Å². The number of carbonyl (C=O) groups excluding carboxylic acids is 1. The molecule has 2 rings (SSSR count). The Morgan fingerprint density at radius 1 is 1.50 bits per heavy atom. The molecular weight excluding hydrogens is 248 g/mol. The van der Waals surface area contributed by atoms with Crippen molar-refractivity contribution in [1.82, 2.24) is 0 Å². The highest BCUT2D eigenvalue weighted by Gasteiger charge is 2.39. The second kappa shape index (κ2) is 6.11. The number of carbonyl (C=O) groups is 1. The lowest BCUT2D eigenvalue weighted by atomic mass is 9.81. The van der Waals surface area contributed by atoms with E-state index < -0.39 is 0 Å². The lowest BCUT2D eigenvalue weighted by Crippen LogP contribution is -2.30.